The van der Waals surface area contributed by atoms with Crippen LogP contribution in [-0.4, -0.2) is 51.0 Å². The first-order chi connectivity index (χ1) is 19.0. The van der Waals surface area contributed by atoms with Gasteiger partial charge in [0.05, 0.1) is 30.8 Å². The SMILES string of the molecule is CC(C)(C)[Si](C)(C)OCCN(c1ccc(F)cc1)c1ccc(-n2ncc(NC[C@@H]3CCCOC3)c(Cl)c2=O)cc1. The minimum Gasteiger partial charge on any atom is -0.415 e. The Hall–Kier alpha value is -2.72. The molecule has 0 saturated carbocycles. The highest BCUT2D eigenvalue weighted by molar-refractivity contribution is 6.74. The second kappa shape index (κ2) is 12.8. The molecule has 1 aliphatic heterocycles. The Morgan fingerprint density at radius 1 is 1.15 bits per heavy atom. The van der Waals surface area contributed by atoms with Gasteiger partial charge in [-0.05, 0) is 85.4 Å². The van der Waals surface area contributed by atoms with E-state index in [0.717, 1.165) is 30.8 Å². The third-order valence-electron chi connectivity index (χ3n) is 7.88. The highest BCUT2D eigenvalue weighted by Gasteiger charge is 2.37. The zero-order valence-corrected chi connectivity index (χ0v) is 25.8. The van der Waals surface area contributed by atoms with Crippen LogP contribution in [0.25, 0.3) is 5.69 Å². The molecule has 2 heterocycles. The van der Waals surface area contributed by atoms with Gasteiger partial charge in [0.2, 0.25) is 0 Å². The maximum Gasteiger partial charge on any atom is 0.292 e. The van der Waals surface area contributed by atoms with E-state index < -0.39 is 13.9 Å². The van der Waals surface area contributed by atoms with Crippen molar-refractivity contribution < 1.29 is 13.6 Å². The molecule has 10 heteroatoms. The molecule has 1 atom stereocenters. The molecule has 1 saturated heterocycles. The molecule has 7 nitrogen and oxygen atoms in total. The highest BCUT2D eigenvalue weighted by atomic mass is 35.5. The van der Waals surface area contributed by atoms with Crippen molar-refractivity contribution >= 4 is 37.0 Å². The third kappa shape index (κ3) is 7.31. The number of nitrogens with zero attached hydrogens (tertiary/aromatic N) is 3. The van der Waals surface area contributed by atoms with Gasteiger partial charge in [-0.25, -0.2) is 4.39 Å². The number of benzene rings is 2. The summed E-state index contributed by atoms with van der Waals surface area (Å²) in [5.41, 5.74) is 2.47. The number of hydrogen-bond acceptors (Lipinski definition) is 6. The number of aromatic nitrogens is 2. The lowest BCUT2D eigenvalue weighted by Gasteiger charge is -2.37. The van der Waals surface area contributed by atoms with Gasteiger partial charge < -0.3 is 19.4 Å². The van der Waals surface area contributed by atoms with Gasteiger partial charge >= 0.3 is 0 Å². The standard InChI is InChI=1S/C30H40ClFN4O3Si/c1-30(2,3)40(4,5)39-18-16-35(24-10-8-23(32)9-11-24)25-12-14-26(15-13-25)36-29(37)28(31)27(20-34-36)33-19-22-7-6-17-38-21-22/h8-15,20,22,33H,6-7,16-19,21H2,1-5H3/t22-/m0/s1. The van der Waals surface area contributed by atoms with Crippen molar-refractivity contribution in [2.24, 2.45) is 5.92 Å². The molecule has 3 aromatic rings. The molecule has 0 radical (unpaired) electrons. The summed E-state index contributed by atoms with van der Waals surface area (Å²) in [6.07, 6.45) is 3.71. The van der Waals surface area contributed by atoms with Crippen LogP contribution in [0, 0.1) is 11.7 Å². The van der Waals surface area contributed by atoms with Gasteiger partial charge in [-0.3, -0.25) is 4.79 Å². The number of ether oxygens (including phenoxy) is 1. The fourth-order valence-electron chi connectivity index (χ4n) is 4.37. The van der Waals surface area contributed by atoms with Crippen molar-refractivity contribution in [3.63, 3.8) is 0 Å². The van der Waals surface area contributed by atoms with Crippen molar-refractivity contribution in [3.8, 4) is 5.69 Å². The topological polar surface area (TPSA) is 68.6 Å². The number of nitrogens with one attached hydrogen (secondary N) is 1. The summed E-state index contributed by atoms with van der Waals surface area (Å²) in [6, 6.07) is 13.9. The predicted molar refractivity (Wildman–Crippen MR) is 163 cm³/mol. The summed E-state index contributed by atoms with van der Waals surface area (Å²) >= 11 is 6.45. The Bertz CT molecular complexity index is 1320. The Kier molecular flexibility index (Phi) is 9.71. The van der Waals surface area contributed by atoms with E-state index in [2.05, 4.69) is 49.2 Å². The third-order valence-corrected chi connectivity index (χ3v) is 12.8. The summed E-state index contributed by atoms with van der Waals surface area (Å²) in [4.78, 5) is 15.2. The summed E-state index contributed by atoms with van der Waals surface area (Å²) in [5.74, 6) is 0.0973. The van der Waals surface area contributed by atoms with Crippen molar-refractivity contribution in [2.45, 2.75) is 51.7 Å². The van der Waals surface area contributed by atoms with Crippen LogP contribution in [-0.2, 0) is 9.16 Å². The molecule has 4 rings (SSSR count). The fourth-order valence-corrected chi connectivity index (χ4v) is 5.60. The quantitative estimate of drug-likeness (QED) is 0.257. The molecular formula is C30H40ClFN4O3Si. The Morgan fingerprint density at radius 3 is 2.40 bits per heavy atom. The Labute approximate surface area is 242 Å². The molecule has 216 valence electrons. The van der Waals surface area contributed by atoms with Crippen LogP contribution in [0.15, 0.2) is 59.5 Å². The molecule has 1 fully saturated rings. The van der Waals surface area contributed by atoms with Crippen LogP contribution in [0.5, 0.6) is 0 Å². The van der Waals surface area contributed by atoms with Gasteiger partial charge in [0.1, 0.15) is 10.8 Å². The van der Waals surface area contributed by atoms with E-state index in [1.807, 2.05) is 24.3 Å². The number of hydrogen-bond donors (Lipinski definition) is 1. The van der Waals surface area contributed by atoms with Crippen molar-refractivity contribution in [3.05, 3.63) is 75.9 Å². The molecule has 0 spiro atoms. The van der Waals surface area contributed by atoms with Crippen LogP contribution in [0.3, 0.4) is 0 Å². The van der Waals surface area contributed by atoms with Crippen LogP contribution >= 0.6 is 11.6 Å². The van der Waals surface area contributed by atoms with E-state index in [-0.39, 0.29) is 15.9 Å². The first-order valence-corrected chi connectivity index (χ1v) is 17.1. The molecule has 0 amide bonds. The maximum atomic E-state index is 13.7. The van der Waals surface area contributed by atoms with Crippen LogP contribution < -0.4 is 15.8 Å². The molecule has 40 heavy (non-hydrogen) atoms. The van der Waals surface area contributed by atoms with Gasteiger partial charge in [0.15, 0.2) is 8.32 Å². The molecule has 0 unspecified atom stereocenters. The lowest BCUT2D eigenvalue weighted by Crippen LogP contribution is -2.42. The van der Waals surface area contributed by atoms with E-state index in [1.165, 1.54) is 16.8 Å². The molecule has 1 aliphatic rings. The first-order valence-electron chi connectivity index (χ1n) is 13.8. The molecule has 2 aromatic carbocycles. The van der Waals surface area contributed by atoms with Crippen molar-refractivity contribution in [1.82, 2.24) is 9.78 Å². The first kappa shape index (κ1) is 30.2. The van der Waals surface area contributed by atoms with Gasteiger partial charge in [0.25, 0.3) is 5.56 Å². The largest absolute Gasteiger partial charge is 0.415 e. The fraction of sp³-hybridized carbons (Fsp3) is 0.467. The van der Waals surface area contributed by atoms with E-state index in [9.17, 15) is 9.18 Å². The lowest BCUT2D eigenvalue weighted by atomic mass is 10.0. The van der Waals surface area contributed by atoms with E-state index >= 15 is 0 Å². The molecule has 0 bridgehead atoms. The zero-order chi connectivity index (χ0) is 28.9. The van der Waals surface area contributed by atoms with Crippen LogP contribution in [0.2, 0.25) is 23.2 Å². The lowest BCUT2D eigenvalue weighted by molar-refractivity contribution is 0.0595. The second-order valence-electron chi connectivity index (χ2n) is 11.8. The van der Waals surface area contributed by atoms with Crippen LogP contribution in [0.1, 0.15) is 33.6 Å². The van der Waals surface area contributed by atoms with Gasteiger partial charge in [0, 0.05) is 31.1 Å². The van der Waals surface area contributed by atoms with E-state index in [4.69, 9.17) is 20.8 Å². The minimum atomic E-state index is -1.93. The minimum absolute atomic E-state index is 0.103. The second-order valence-corrected chi connectivity index (χ2v) is 17.0. The van der Waals surface area contributed by atoms with Crippen LogP contribution in [0.4, 0.5) is 21.5 Å². The van der Waals surface area contributed by atoms with Crippen molar-refractivity contribution in [2.75, 3.05) is 43.1 Å². The molecular weight excluding hydrogens is 547 g/mol. The van der Waals surface area contributed by atoms with Gasteiger partial charge in [-0.1, -0.05) is 32.4 Å². The number of anilines is 3. The molecule has 0 aliphatic carbocycles. The van der Waals surface area contributed by atoms with E-state index in [1.54, 1.807) is 18.3 Å². The molecule has 1 aromatic heterocycles. The summed E-state index contributed by atoms with van der Waals surface area (Å²) < 4.78 is 26.9. The van der Waals surface area contributed by atoms with E-state index in [0.29, 0.717) is 43.6 Å². The van der Waals surface area contributed by atoms with Gasteiger partial charge in [-0.2, -0.15) is 9.78 Å². The average Bonchev–Trinajstić information content (AvgIpc) is 2.93. The summed E-state index contributed by atoms with van der Waals surface area (Å²) in [5, 5.41) is 7.83. The Morgan fingerprint density at radius 2 is 1.80 bits per heavy atom. The van der Waals surface area contributed by atoms with Crippen molar-refractivity contribution in [1.29, 1.82) is 0 Å². The van der Waals surface area contributed by atoms with Gasteiger partial charge in [-0.15, -0.1) is 0 Å². The number of halogens is 2. The monoisotopic (exact) mass is 586 g/mol. The zero-order valence-electron chi connectivity index (χ0n) is 24.0. The normalized spacial score (nSPS) is 16.1. The number of rotatable bonds is 10. The highest BCUT2D eigenvalue weighted by Crippen LogP contribution is 2.36. The smallest absolute Gasteiger partial charge is 0.292 e. The summed E-state index contributed by atoms with van der Waals surface area (Å²) in [7, 11) is -1.93. The maximum absolute atomic E-state index is 13.7. The average molecular weight is 587 g/mol. The summed E-state index contributed by atoms with van der Waals surface area (Å²) in [6.45, 7) is 14.4. The predicted octanol–water partition coefficient (Wildman–Crippen LogP) is 7.02. The molecule has 1 N–H and O–H groups in total. The Balaban J connectivity index is 1.51.